The zero-order chi connectivity index (χ0) is 30.8. The van der Waals surface area contributed by atoms with Crippen LogP contribution in [0.4, 0.5) is 0 Å². The van der Waals surface area contributed by atoms with Gasteiger partial charge in [0.2, 0.25) is 11.8 Å². The summed E-state index contributed by atoms with van der Waals surface area (Å²) in [6, 6.07) is -0.472. The molecule has 0 spiro atoms. The minimum atomic E-state index is -0.472. The molecule has 250 valence electrons. The predicted molar refractivity (Wildman–Crippen MR) is 181 cm³/mol. The first-order valence-corrected chi connectivity index (χ1v) is 18.0. The Bertz CT molecular complexity index is 578. The molecule has 0 saturated carbocycles. The van der Waals surface area contributed by atoms with E-state index in [-0.39, 0.29) is 11.8 Å². The highest BCUT2D eigenvalue weighted by Gasteiger charge is 2.12. The van der Waals surface area contributed by atoms with Crippen LogP contribution < -0.4 is 32.7 Å². The highest BCUT2D eigenvalue weighted by atomic mass is 16.2. The summed E-state index contributed by atoms with van der Waals surface area (Å²) in [4.78, 5) is 24.2. The molecule has 0 saturated heterocycles. The highest BCUT2D eigenvalue weighted by molar-refractivity contribution is 5.81. The number of hydrogen-bond acceptors (Lipinski definition) is 6. The zero-order valence-electron chi connectivity index (χ0n) is 27.8. The van der Waals surface area contributed by atoms with Gasteiger partial charge in [-0.05, 0) is 84.1 Å². The summed E-state index contributed by atoms with van der Waals surface area (Å²) < 4.78 is 0. The Morgan fingerprint density at radius 1 is 0.524 bits per heavy atom. The normalized spacial score (nSPS) is 12.0. The van der Waals surface area contributed by atoms with Gasteiger partial charge in [0.1, 0.15) is 0 Å². The van der Waals surface area contributed by atoms with Crippen molar-refractivity contribution < 1.29 is 9.59 Å². The van der Waals surface area contributed by atoms with Gasteiger partial charge in [-0.2, -0.15) is 0 Å². The van der Waals surface area contributed by atoms with Crippen LogP contribution in [0.2, 0.25) is 0 Å². The van der Waals surface area contributed by atoms with Crippen LogP contribution >= 0.6 is 0 Å². The molecule has 0 aromatic carbocycles. The van der Waals surface area contributed by atoms with Crippen molar-refractivity contribution >= 4 is 11.8 Å². The van der Waals surface area contributed by atoms with Gasteiger partial charge in [-0.15, -0.1) is 0 Å². The van der Waals surface area contributed by atoms with E-state index in [1.807, 2.05) is 0 Å². The molecular formula is C34H72N6O2. The lowest BCUT2D eigenvalue weighted by atomic mass is 10.0. The average molecular weight is 597 g/mol. The van der Waals surface area contributed by atoms with Crippen molar-refractivity contribution in [2.45, 2.75) is 161 Å². The van der Waals surface area contributed by atoms with Crippen molar-refractivity contribution in [1.82, 2.24) is 21.3 Å². The number of amides is 2. The molecule has 2 amide bonds. The van der Waals surface area contributed by atoms with Gasteiger partial charge in [0.25, 0.3) is 0 Å². The van der Waals surface area contributed by atoms with Crippen LogP contribution in [0.3, 0.4) is 0 Å². The van der Waals surface area contributed by atoms with Gasteiger partial charge in [-0.3, -0.25) is 9.59 Å². The minimum absolute atomic E-state index is 0.0734. The molecule has 0 fully saturated rings. The van der Waals surface area contributed by atoms with E-state index >= 15 is 0 Å². The Labute approximate surface area is 260 Å². The van der Waals surface area contributed by atoms with Gasteiger partial charge in [-0.1, -0.05) is 96.8 Å². The number of carbonyl (C=O) groups is 2. The van der Waals surface area contributed by atoms with Crippen LogP contribution in [0.25, 0.3) is 0 Å². The summed E-state index contributed by atoms with van der Waals surface area (Å²) >= 11 is 0. The van der Waals surface area contributed by atoms with E-state index in [0.717, 1.165) is 84.1 Å². The maximum Gasteiger partial charge on any atom is 0.236 e. The van der Waals surface area contributed by atoms with Crippen molar-refractivity contribution in [3.63, 3.8) is 0 Å². The lowest BCUT2D eigenvalue weighted by Gasteiger charge is -2.12. The SMILES string of the molecule is CCCCCCCCCCCCCCCCCC(=O)NCCCC[C@H](N)C(=O)NCCCNCCCCNCCCN. The maximum atomic E-state index is 12.2. The van der Waals surface area contributed by atoms with Crippen molar-refractivity contribution in [2.75, 3.05) is 45.8 Å². The van der Waals surface area contributed by atoms with Gasteiger partial charge in [0, 0.05) is 19.5 Å². The van der Waals surface area contributed by atoms with Crippen LogP contribution in [0.1, 0.15) is 155 Å². The molecule has 0 bridgehead atoms. The Balaban J connectivity index is 3.37. The second-order valence-electron chi connectivity index (χ2n) is 12.1. The molecule has 0 aromatic rings. The molecule has 42 heavy (non-hydrogen) atoms. The molecule has 1 atom stereocenters. The summed E-state index contributed by atoms with van der Waals surface area (Å²) in [5, 5.41) is 12.8. The molecule has 8 heteroatoms. The van der Waals surface area contributed by atoms with Gasteiger partial charge in [0.05, 0.1) is 6.04 Å². The quantitative estimate of drug-likeness (QED) is 0.0530. The number of nitrogens with one attached hydrogen (secondary N) is 4. The molecule has 0 aliphatic rings. The van der Waals surface area contributed by atoms with E-state index in [1.165, 1.54) is 83.5 Å². The Morgan fingerprint density at radius 2 is 0.976 bits per heavy atom. The standard InChI is InChI=1S/C34H72N6O2/c1-2-3-4-5-6-7-8-9-10-11-12-13-14-15-16-24-33(41)39-30-18-17-23-32(36)34(42)40-31-22-29-38-27-20-19-26-37-28-21-25-35/h32,37-38H,2-31,35-36H2,1H3,(H,39,41)(H,40,42)/t32-/m0/s1. The van der Waals surface area contributed by atoms with Crippen molar-refractivity contribution in [3.8, 4) is 0 Å². The lowest BCUT2D eigenvalue weighted by molar-refractivity contribution is -0.123. The van der Waals surface area contributed by atoms with Crippen LogP contribution in [-0.4, -0.2) is 63.7 Å². The molecule has 0 rings (SSSR count). The molecule has 8 N–H and O–H groups in total. The molecule has 0 aromatic heterocycles. The molecule has 0 heterocycles. The number of rotatable bonds is 34. The zero-order valence-corrected chi connectivity index (χ0v) is 27.8. The third kappa shape index (κ3) is 31.7. The number of unbranched alkanes of at least 4 members (excludes halogenated alkanes) is 16. The monoisotopic (exact) mass is 597 g/mol. The van der Waals surface area contributed by atoms with E-state index in [4.69, 9.17) is 11.5 Å². The molecule has 0 aliphatic carbocycles. The molecule has 0 radical (unpaired) electrons. The van der Waals surface area contributed by atoms with E-state index in [2.05, 4.69) is 28.2 Å². The van der Waals surface area contributed by atoms with Crippen LogP contribution in [0, 0.1) is 0 Å². The van der Waals surface area contributed by atoms with Crippen molar-refractivity contribution in [3.05, 3.63) is 0 Å². The molecule has 8 nitrogen and oxygen atoms in total. The Morgan fingerprint density at radius 3 is 1.52 bits per heavy atom. The second-order valence-corrected chi connectivity index (χ2v) is 12.1. The average Bonchev–Trinajstić information content (AvgIpc) is 2.99. The molecular weight excluding hydrogens is 524 g/mol. The minimum Gasteiger partial charge on any atom is -0.356 e. The fourth-order valence-corrected chi connectivity index (χ4v) is 5.13. The van der Waals surface area contributed by atoms with Crippen molar-refractivity contribution in [1.29, 1.82) is 0 Å². The Hall–Kier alpha value is -1.22. The van der Waals surface area contributed by atoms with Gasteiger partial charge in [-0.25, -0.2) is 0 Å². The van der Waals surface area contributed by atoms with E-state index in [9.17, 15) is 9.59 Å². The summed E-state index contributed by atoms with van der Waals surface area (Å²) in [5.74, 6) is 0.0790. The van der Waals surface area contributed by atoms with Crippen LogP contribution in [0.15, 0.2) is 0 Å². The van der Waals surface area contributed by atoms with Crippen LogP contribution in [0.5, 0.6) is 0 Å². The van der Waals surface area contributed by atoms with E-state index in [1.54, 1.807) is 0 Å². The first-order valence-electron chi connectivity index (χ1n) is 18.0. The number of nitrogens with two attached hydrogens (primary N) is 2. The molecule has 0 aliphatic heterocycles. The third-order valence-electron chi connectivity index (χ3n) is 7.95. The molecule has 0 unspecified atom stereocenters. The fourth-order valence-electron chi connectivity index (χ4n) is 5.13. The largest absolute Gasteiger partial charge is 0.356 e. The maximum absolute atomic E-state index is 12.2. The summed E-state index contributed by atoms with van der Waals surface area (Å²) in [5.41, 5.74) is 11.5. The lowest BCUT2D eigenvalue weighted by Crippen LogP contribution is -2.41. The van der Waals surface area contributed by atoms with E-state index < -0.39 is 6.04 Å². The fraction of sp³-hybridized carbons (Fsp3) is 0.941. The highest BCUT2D eigenvalue weighted by Crippen LogP contribution is 2.13. The first-order chi connectivity index (χ1) is 20.6. The van der Waals surface area contributed by atoms with E-state index in [0.29, 0.717) is 25.9 Å². The number of carbonyl (C=O) groups excluding carboxylic acids is 2. The first kappa shape index (κ1) is 40.8. The predicted octanol–water partition coefficient (Wildman–Crippen LogP) is 5.68. The second kappa shape index (κ2) is 34.3. The summed E-state index contributed by atoms with van der Waals surface area (Å²) in [6.45, 7) is 8.28. The third-order valence-corrected chi connectivity index (χ3v) is 7.95. The van der Waals surface area contributed by atoms with Gasteiger partial charge >= 0.3 is 0 Å². The van der Waals surface area contributed by atoms with Crippen LogP contribution in [-0.2, 0) is 9.59 Å². The van der Waals surface area contributed by atoms with Crippen molar-refractivity contribution in [2.24, 2.45) is 11.5 Å². The smallest absolute Gasteiger partial charge is 0.236 e. The van der Waals surface area contributed by atoms with Gasteiger partial charge in [0.15, 0.2) is 0 Å². The van der Waals surface area contributed by atoms with Gasteiger partial charge < -0.3 is 32.7 Å². The Kier molecular flexibility index (Phi) is 33.3. The topological polar surface area (TPSA) is 134 Å². The summed E-state index contributed by atoms with van der Waals surface area (Å²) in [7, 11) is 0. The number of hydrogen-bond donors (Lipinski definition) is 6. The summed E-state index contributed by atoms with van der Waals surface area (Å²) in [6.07, 6.45) is 27.3.